The van der Waals surface area contributed by atoms with Crippen LogP contribution in [0, 0.1) is 11.8 Å². The molecule has 1 aromatic carbocycles. The van der Waals surface area contributed by atoms with Crippen LogP contribution >= 0.6 is 0 Å². The summed E-state index contributed by atoms with van der Waals surface area (Å²) < 4.78 is 5.36. The Morgan fingerprint density at radius 2 is 1.83 bits per heavy atom. The Labute approximate surface area is 206 Å². The third kappa shape index (κ3) is 5.19. The van der Waals surface area contributed by atoms with Gasteiger partial charge in [-0.1, -0.05) is 13.8 Å². The number of nitrogens with one attached hydrogen (secondary N) is 1. The van der Waals surface area contributed by atoms with Crippen LogP contribution in [0.4, 0.5) is 5.69 Å². The number of amides is 3. The molecule has 9 nitrogen and oxygen atoms in total. The van der Waals surface area contributed by atoms with Crippen molar-refractivity contribution in [2.45, 2.75) is 51.2 Å². The molecule has 0 bridgehead atoms. The molecule has 4 atom stereocenters. The molecule has 0 aromatic heterocycles. The fraction of sp³-hybridized carbons (Fsp3) is 0.615. The van der Waals surface area contributed by atoms with Crippen molar-refractivity contribution >= 4 is 29.2 Å². The second-order valence-electron chi connectivity index (χ2n) is 10.4. The summed E-state index contributed by atoms with van der Waals surface area (Å²) in [5, 5.41) is 2.91. The van der Waals surface area contributed by atoms with Gasteiger partial charge in [0.25, 0.3) is 5.91 Å². The Bertz CT molecular complexity index is 970. The van der Waals surface area contributed by atoms with Crippen LogP contribution in [0.25, 0.3) is 0 Å². The molecule has 0 spiro atoms. The molecule has 35 heavy (non-hydrogen) atoms. The average molecular weight is 485 g/mol. The molecule has 1 unspecified atom stereocenters. The number of benzene rings is 1. The summed E-state index contributed by atoms with van der Waals surface area (Å²) in [5.74, 6) is -0.776. The van der Waals surface area contributed by atoms with E-state index in [4.69, 9.17) is 4.74 Å². The highest BCUT2D eigenvalue weighted by molar-refractivity contribution is 6.01. The summed E-state index contributed by atoms with van der Waals surface area (Å²) in [7, 11) is 3.85. The van der Waals surface area contributed by atoms with Gasteiger partial charge in [0.15, 0.2) is 5.78 Å². The van der Waals surface area contributed by atoms with Gasteiger partial charge in [-0.15, -0.1) is 0 Å². The molecule has 0 radical (unpaired) electrons. The number of nitrogens with zero attached hydrogens (tertiary/aromatic N) is 3. The second-order valence-corrected chi connectivity index (χ2v) is 10.4. The fourth-order valence-electron chi connectivity index (χ4n) is 5.37. The zero-order valence-corrected chi connectivity index (χ0v) is 21.0. The number of likely N-dealkylation sites (tertiary alicyclic amines) is 2. The van der Waals surface area contributed by atoms with E-state index in [-0.39, 0.29) is 47.9 Å². The van der Waals surface area contributed by atoms with Crippen molar-refractivity contribution in [3.63, 3.8) is 0 Å². The van der Waals surface area contributed by atoms with Crippen molar-refractivity contribution in [2.24, 2.45) is 11.8 Å². The average Bonchev–Trinajstić information content (AvgIpc) is 3.56. The van der Waals surface area contributed by atoms with Crippen molar-refractivity contribution in [1.82, 2.24) is 15.1 Å². The number of fused-ring (bicyclic) bond motifs is 1. The van der Waals surface area contributed by atoms with Crippen LogP contribution in [-0.2, 0) is 19.1 Å². The number of hydrogen-bond donors (Lipinski definition) is 1. The number of hydrogen-bond acceptors (Lipinski definition) is 6. The lowest BCUT2D eigenvalue weighted by Crippen LogP contribution is -2.53. The molecular formula is C26H36N4O5. The zero-order valence-electron chi connectivity index (χ0n) is 21.0. The van der Waals surface area contributed by atoms with Gasteiger partial charge in [0.2, 0.25) is 11.8 Å². The van der Waals surface area contributed by atoms with Gasteiger partial charge in [-0.25, -0.2) is 0 Å². The first-order valence-electron chi connectivity index (χ1n) is 12.5. The van der Waals surface area contributed by atoms with Crippen molar-refractivity contribution in [1.29, 1.82) is 0 Å². The Morgan fingerprint density at radius 3 is 2.43 bits per heavy atom. The van der Waals surface area contributed by atoms with Gasteiger partial charge >= 0.3 is 0 Å². The van der Waals surface area contributed by atoms with Crippen molar-refractivity contribution in [3.05, 3.63) is 29.8 Å². The summed E-state index contributed by atoms with van der Waals surface area (Å²) in [4.78, 5) is 57.8. The third-order valence-corrected chi connectivity index (χ3v) is 7.22. The molecule has 1 N–H and O–H groups in total. The third-order valence-electron chi connectivity index (χ3n) is 7.22. The number of ketones is 1. The topological polar surface area (TPSA) is 99.3 Å². The standard InChI is InChI=1S/C26H36N4O5/c1-16(2)13-20(27-24(32)17-5-7-19(8-6-17)28(3)4)26(34)29-11-9-21-23(29)22(31)14-30(21)25(33)18-10-12-35-15-18/h5-8,16,18,20-21,23H,9-15H2,1-4H3,(H,27,32)/t18?,20-,21+,23-/m0/s1. The normalized spacial score (nSPS) is 24.6. The molecule has 3 fully saturated rings. The fourth-order valence-corrected chi connectivity index (χ4v) is 5.37. The summed E-state index contributed by atoms with van der Waals surface area (Å²) in [6.45, 7) is 5.37. The van der Waals surface area contributed by atoms with E-state index in [1.165, 1.54) is 0 Å². The van der Waals surface area contributed by atoms with Crippen LogP contribution in [0.1, 0.15) is 43.5 Å². The van der Waals surface area contributed by atoms with Gasteiger partial charge < -0.3 is 24.8 Å². The van der Waals surface area contributed by atoms with E-state index < -0.39 is 12.1 Å². The smallest absolute Gasteiger partial charge is 0.251 e. The van der Waals surface area contributed by atoms with Gasteiger partial charge in [-0.2, -0.15) is 0 Å². The summed E-state index contributed by atoms with van der Waals surface area (Å²) in [5.41, 5.74) is 1.45. The van der Waals surface area contributed by atoms with Gasteiger partial charge in [-0.3, -0.25) is 19.2 Å². The van der Waals surface area contributed by atoms with Gasteiger partial charge in [0.05, 0.1) is 25.1 Å². The highest BCUT2D eigenvalue weighted by atomic mass is 16.5. The van der Waals surface area contributed by atoms with Gasteiger partial charge in [0, 0.05) is 38.5 Å². The first-order chi connectivity index (χ1) is 16.7. The highest BCUT2D eigenvalue weighted by Crippen LogP contribution is 2.32. The molecule has 3 heterocycles. The molecule has 9 heteroatoms. The Morgan fingerprint density at radius 1 is 1.11 bits per heavy atom. The minimum Gasteiger partial charge on any atom is -0.381 e. The molecule has 3 amide bonds. The van der Waals surface area contributed by atoms with E-state index in [0.29, 0.717) is 44.6 Å². The van der Waals surface area contributed by atoms with E-state index in [1.807, 2.05) is 45.0 Å². The molecular weight excluding hydrogens is 448 g/mol. The van der Waals surface area contributed by atoms with Crippen LogP contribution in [-0.4, -0.2) is 91.8 Å². The van der Waals surface area contributed by atoms with Crippen LogP contribution in [0.15, 0.2) is 24.3 Å². The predicted molar refractivity (Wildman–Crippen MR) is 131 cm³/mol. The van der Waals surface area contributed by atoms with E-state index in [1.54, 1.807) is 21.9 Å². The van der Waals surface area contributed by atoms with Gasteiger partial charge in [0.1, 0.15) is 12.1 Å². The molecule has 1 aromatic rings. The number of anilines is 1. The highest BCUT2D eigenvalue weighted by Gasteiger charge is 2.53. The Balaban J connectivity index is 1.47. The van der Waals surface area contributed by atoms with Gasteiger partial charge in [-0.05, 0) is 49.4 Å². The lowest BCUT2D eigenvalue weighted by molar-refractivity contribution is -0.138. The number of rotatable bonds is 7. The van der Waals surface area contributed by atoms with E-state index in [2.05, 4.69) is 5.32 Å². The number of Topliss-reactive ketones (excluding diaryl/α,β-unsaturated/α-hetero) is 1. The molecule has 190 valence electrons. The molecule has 3 aliphatic heterocycles. The van der Waals surface area contributed by atoms with E-state index >= 15 is 0 Å². The van der Waals surface area contributed by atoms with Crippen molar-refractivity contribution in [3.8, 4) is 0 Å². The maximum atomic E-state index is 13.6. The quantitative estimate of drug-likeness (QED) is 0.627. The van der Waals surface area contributed by atoms with Crippen LogP contribution in [0.5, 0.6) is 0 Å². The van der Waals surface area contributed by atoms with Crippen LogP contribution in [0.2, 0.25) is 0 Å². The first kappa shape index (κ1) is 25.2. The summed E-state index contributed by atoms with van der Waals surface area (Å²) in [6, 6.07) is 5.52. The summed E-state index contributed by atoms with van der Waals surface area (Å²) in [6.07, 6.45) is 1.70. The predicted octanol–water partition coefficient (Wildman–Crippen LogP) is 1.31. The first-order valence-corrected chi connectivity index (χ1v) is 12.5. The van der Waals surface area contributed by atoms with Crippen molar-refractivity contribution < 1.29 is 23.9 Å². The Hall–Kier alpha value is -2.94. The Kier molecular flexibility index (Phi) is 7.44. The molecule has 3 aliphatic rings. The maximum absolute atomic E-state index is 13.6. The maximum Gasteiger partial charge on any atom is 0.251 e. The lowest BCUT2D eigenvalue weighted by Gasteiger charge is -2.29. The molecule has 3 saturated heterocycles. The summed E-state index contributed by atoms with van der Waals surface area (Å²) >= 11 is 0. The number of carbonyl (C=O) groups is 4. The monoisotopic (exact) mass is 484 g/mol. The zero-order chi connectivity index (χ0) is 25.3. The van der Waals surface area contributed by atoms with E-state index in [9.17, 15) is 19.2 Å². The van der Waals surface area contributed by atoms with Crippen LogP contribution in [0.3, 0.4) is 0 Å². The minimum atomic E-state index is -0.740. The van der Waals surface area contributed by atoms with Crippen LogP contribution < -0.4 is 10.2 Å². The largest absolute Gasteiger partial charge is 0.381 e. The minimum absolute atomic E-state index is 0.0356. The van der Waals surface area contributed by atoms with Crippen molar-refractivity contribution in [2.75, 3.05) is 45.3 Å². The van der Waals surface area contributed by atoms with E-state index in [0.717, 1.165) is 5.69 Å². The molecule has 0 saturated carbocycles. The SMILES string of the molecule is CC(C)C[C@H](NC(=O)c1ccc(N(C)C)cc1)C(=O)N1CC[C@@H]2[C@H]1C(=O)CN2C(=O)C1CCOC1. The number of carbonyl (C=O) groups excluding carboxylic acids is 4. The number of ether oxygens (including phenoxy) is 1. The molecule has 0 aliphatic carbocycles. The second kappa shape index (κ2) is 10.4. The molecule has 4 rings (SSSR count). The lowest BCUT2D eigenvalue weighted by atomic mass is 10.0.